The summed E-state index contributed by atoms with van der Waals surface area (Å²) in [6.45, 7) is 5.82. The van der Waals surface area contributed by atoms with Crippen molar-refractivity contribution in [2.45, 2.75) is 19.3 Å². The highest BCUT2D eigenvalue weighted by molar-refractivity contribution is 7.13. The van der Waals surface area contributed by atoms with Crippen LogP contribution >= 0.6 is 11.5 Å². The smallest absolute Gasteiger partial charge is 0.234 e. The van der Waals surface area contributed by atoms with Crippen molar-refractivity contribution in [2.24, 2.45) is 0 Å². The number of anilines is 1. The first-order valence-electron chi connectivity index (χ1n) is 8.73. The summed E-state index contributed by atoms with van der Waals surface area (Å²) in [6.07, 6.45) is 1.97. The number of unbranched alkanes of at least 4 members (excludes halogenated alkanes) is 1. The van der Waals surface area contributed by atoms with Crippen molar-refractivity contribution >= 4 is 33.3 Å². The lowest BCUT2D eigenvalue weighted by atomic mass is 10.2. The molecular weight excluding hydrogens is 334 g/mol. The molecule has 0 spiro atoms. The summed E-state index contributed by atoms with van der Waals surface area (Å²) in [5.41, 5.74) is 0. The summed E-state index contributed by atoms with van der Waals surface area (Å²) in [6, 6.07) is 10.3. The zero-order valence-corrected chi connectivity index (χ0v) is 15.1. The molecule has 0 aliphatic carbocycles. The molecule has 1 saturated heterocycles. The summed E-state index contributed by atoms with van der Waals surface area (Å²) in [5, 5.41) is 12.5. The highest BCUT2D eigenvalue weighted by atomic mass is 32.1. The fourth-order valence-electron chi connectivity index (χ4n) is 3.11. The third-order valence-corrected chi connectivity index (χ3v) is 5.31. The average Bonchev–Trinajstić information content (AvgIpc) is 3.06. The predicted molar refractivity (Wildman–Crippen MR) is 101 cm³/mol. The van der Waals surface area contributed by atoms with Gasteiger partial charge in [-0.05, 0) is 43.1 Å². The quantitative estimate of drug-likeness (QED) is 0.770. The number of piperazine rings is 1. The SMILES string of the molecule is N#CCC(=O)NCCCCN1CCN(c2nsc3ccccc23)CC1. The van der Waals surface area contributed by atoms with Crippen LogP contribution in [0.2, 0.25) is 0 Å². The van der Waals surface area contributed by atoms with Gasteiger partial charge in [0.1, 0.15) is 12.2 Å². The predicted octanol–water partition coefficient (Wildman–Crippen LogP) is 2.23. The Morgan fingerprint density at radius 3 is 2.84 bits per heavy atom. The van der Waals surface area contributed by atoms with Gasteiger partial charge in [-0.15, -0.1) is 0 Å². The zero-order valence-electron chi connectivity index (χ0n) is 14.3. The van der Waals surface area contributed by atoms with Crippen LogP contribution < -0.4 is 10.2 Å². The maximum atomic E-state index is 11.2. The molecular formula is C18H23N5OS. The van der Waals surface area contributed by atoms with Crippen molar-refractivity contribution in [1.82, 2.24) is 14.6 Å². The fourth-order valence-corrected chi connectivity index (χ4v) is 3.90. The van der Waals surface area contributed by atoms with Crippen LogP contribution in [0.4, 0.5) is 5.82 Å². The van der Waals surface area contributed by atoms with E-state index in [0.29, 0.717) is 6.54 Å². The van der Waals surface area contributed by atoms with E-state index in [9.17, 15) is 4.79 Å². The van der Waals surface area contributed by atoms with Crippen LogP contribution in [-0.2, 0) is 4.79 Å². The van der Waals surface area contributed by atoms with Gasteiger partial charge in [-0.25, -0.2) is 0 Å². The van der Waals surface area contributed by atoms with Crippen molar-refractivity contribution in [3.63, 3.8) is 0 Å². The number of rotatable bonds is 7. The van der Waals surface area contributed by atoms with Crippen molar-refractivity contribution in [3.05, 3.63) is 24.3 Å². The number of hydrogen-bond donors (Lipinski definition) is 1. The number of hydrogen-bond acceptors (Lipinski definition) is 6. The molecule has 0 saturated carbocycles. The molecule has 1 aliphatic rings. The Labute approximate surface area is 152 Å². The lowest BCUT2D eigenvalue weighted by Crippen LogP contribution is -2.46. The summed E-state index contributed by atoms with van der Waals surface area (Å²) in [4.78, 5) is 16.1. The average molecular weight is 357 g/mol. The molecule has 3 rings (SSSR count). The molecule has 0 radical (unpaired) electrons. The molecule has 1 N–H and O–H groups in total. The molecule has 1 amide bonds. The molecule has 0 atom stereocenters. The number of nitrogens with one attached hydrogen (secondary N) is 1. The number of nitrogens with zero attached hydrogens (tertiary/aromatic N) is 4. The fraction of sp³-hybridized carbons (Fsp3) is 0.500. The monoisotopic (exact) mass is 357 g/mol. The largest absolute Gasteiger partial charge is 0.355 e. The minimum atomic E-state index is -0.174. The van der Waals surface area contributed by atoms with E-state index in [1.165, 1.54) is 10.1 Å². The second-order valence-corrected chi connectivity index (χ2v) is 7.03. The lowest BCUT2D eigenvalue weighted by Gasteiger charge is -2.35. The number of carbonyl (C=O) groups is 1. The van der Waals surface area contributed by atoms with Crippen molar-refractivity contribution in [1.29, 1.82) is 5.26 Å². The van der Waals surface area contributed by atoms with Crippen LogP contribution in [0.15, 0.2) is 24.3 Å². The lowest BCUT2D eigenvalue weighted by molar-refractivity contribution is -0.120. The highest BCUT2D eigenvalue weighted by Gasteiger charge is 2.20. The molecule has 0 bridgehead atoms. The van der Waals surface area contributed by atoms with Gasteiger partial charge in [-0.1, -0.05) is 12.1 Å². The van der Waals surface area contributed by atoms with Gasteiger partial charge >= 0.3 is 0 Å². The maximum absolute atomic E-state index is 11.2. The van der Waals surface area contributed by atoms with Crippen LogP contribution in [0.1, 0.15) is 19.3 Å². The maximum Gasteiger partial charge on any atom is 0.234 e. The Balaban J connectivity index is 1.38. The first-order chi connectivity index (χ1) is 12.3. The van der Waals surface area contributed by atoms with E-state index in [1.54, 1.807) is 11.5 Å². The third-order valence-electron chi connectivity index (χ3n) is 4.49. The number of aromatic nitrogens is 1. The summed E-state index contributed by atoms with van der Waals surface area (Å²) in [7, 11) is 0. The van der Waals surface area contributed by atoms with Gasteiger partial charge in [0, 0.05) is 38.1 Å². The van der Waals surface area contributed by atoms with E-state index >= 15 is 0 Å². The first kappa shape index (κ1) is 17.6. The van der Waals surface area contributed by atoms with Crippen LogP contribution in [0.25, 0.3) is 10.1 Å². The molecule has 1 aromatic carbocycles. The molecule has 7 heteroatoms. The molecule has 6 nitrogen and oxygen atoms in total. The van der Waals surface area contributed by atoms with Crippen molar-refractivity contribution in [3.8, 4) is 6.07 Å². The molecule has 1 aromatic heterocycles. The standard InChI is InChI=1S/C18H23N5OS/c19-8-7-17(24)20-9-3-4-10-22-11-13-23(14-12-22)18-15-5-1-2-6-16(15)25-21-18/h1-2,5-6H,3-4,7,9-14H2,(H,20,24). The van der Waals surface area contributed by atoms with Gasteiger partial charge < -0.3 is 10.2 Å². The van der Waals surface area contributed by atoms with Crippen LogP contribution in [0.3, 0.4) is 0 Å². The molecule has 25 heavy (non-hydrogen) atoms. The van der Waals surface area contributed by atoms with E-state index in [0.717, 1.165) is 51.4 Å². The van der Waals surface area contributed by atoms with Gasteiger partial charge in [0.2, 0.25) is 5.91 Å². The molecule has 1 aliphatic heterocycles. The molecule has 2 aromatic rings. The molecule has 0 unspecified atom stereocenters. The second kappa shape index (κ2) is 8.79. The second-order valence-electron chi connectivity index (χ2n) is 6.22. The van der Waals surface area contributed by atoms with Gasteiger partial charge in [-0.2, -0.15) is 9.64 Å². The van der Waals surface area contributed by atoms with Gasteiger partial charge in [-0.3, -0.25) is 9.69 Å². The number of carbonyl (C=O) groups excluding carboxylic acids is 1. The first-order valence-corrected chi connectivity index (χ1v) is 9.50. The highest BCUT2D eigenvalue weighted by Crippen LogP contribution is 2.29. The van der Waals surface area contributed by atoms with Crippen molar-refractivity contribution < 1.29 is 4.79 Å². The zero-order chi connectivity index (χ0) is 17.5. The molecule has 2 heterocycles. The number of benzene rings is 1. The molecule has 132 valence electrons. The minimum absolute atomic E-state index is 0.0484. The van der Waals surface area contributed by atoms with E-state index in [4.69, 9.17) is 5.26 Å². The summed E-state index contributed by atoms with van der Waals surface area (Å²) < 4.78 is 5.90. The molecule has 1 fully saturated rings. The van der Waals surface area contributed by atoms with E-state index in [1.807, 2.05) is 6.07 Å². The Bertz CT molecular complexity index is 745. The normalized spacial score (nSPS) is 15.2. The summed E-state index contributed by atoms with van der Waals surface area (Å²) >= 11 is 1.57. The van der Waals surface area contributed by atoms with Gasteiger partial charge in [0.25, 0.3) is 0 Å². The van der Waals surface area contributed by atoms with E-state index < -0.39 is 0 Å². The Hall–Kier alpha value is -2.17. The van der Waals surface area contributed by atoms with Crippen LogP contribution in [0, 0.1) is 11.3 Å². The number of nitriles is 1. The van der Waals surface area contributed by atoms with E-state index in [-0.39, 0.29) is 12.3 Å². The minimum Gasteiger partial charge on any atom is -0.355 e. The van der Waals surface area contributed by atoms with Crippen LogP contribution in [-0.4, -0.2) is 54.4 Å². The van der Waals surface area contributed by atoms with Crippen molar-refractivity contribution in [2.75, 3.05) is 44.2 Å². The van der Waals surface area contributed by atoms with Gasteiger partial charge in [0.05, 0.1) is 10.8 Å². The van der Waals surface area contributed by atoms with Crippen LogP contribution in [0.5, 0.6) is 0 Å². The Morgan fingerprint density at radius 2 is 2.04 bits per heavy atom. The summed E-state index contributed by atoms with van der Waals surface area (Å²) in [5.74, 6) is 0.951. The third kappa shape index (κ3) is 4.68. The Morgan fingerprint density at radius 1 is 1.24 bits per heavy atom. The number of amides is 1. The van der Waals surface area contributed by atoms with E-state index in [2.05, 4.69) is 43.8 Å². The van der Waals surface area contributed by atoms with Gasteiger partial charge in [0.15, 0.2) is 0 Å². The topological polar surface area (TPSA) is 72.3 Å². The Kier molecular flexibility index (Phi) is 6.20. The number of fused-ring (bicyclic) bond motifs is 1.